The Morgan fingerprint density at radius 2 is 1.72 bits per heavy atom. The molecule has 5 atom stereocenters. The van der Waals surface area contributed by atoms with Gasteiger partial charge in [0.2, 0.25) is 0 Å². The number of ether oxygens (including phenoxy) is 4. The van der Waals surface area contributed by atoms with Gasteiger partial charge in [0.25, 0.3) is 5.91 Å². The number of hydrogen-bond acceptors (Lipinski definition) is 15. The lowest BCUT2D eigenvalue weighted by atomic mass is 9.88. The third kappa shape index (κ3) is 7.93. The number of alkyl carbamates (subject to hydrolysis) is 1. The SMILES string of the molecule is CC(C)(O)C(O)(O)N(CC(O)C(Cc1ccccc1)NC(=O)OC1(O)C(O)(O)OC2OCCC21N)Sc1ccc(OC(F)(F)F)cc1. The fraction of sp³-hybridized carbons (Fsp3) is 0.536. The van der Waals surface area contributed by atoms with Gasteiger partial charge in [-0.2, -0.15) is 4.31 Å². The van der Waals surface area contributed by atoms with Gasteiger partial charge in [0.1, 0.15) is 16.9 Å². The summed E-state index contributed by atoms with van der Waals surface area (Å²) in [5.74, 6) is -10.4. The first-order chi connectivity index (χ1) is 21.6. The summed E-state index contributed by atoms with van der Waals surface area (Å²) in [6, 6.07) is 11.2. The minimum absolute atomic E-state index is 0.0727. The van der Waals surface area contributed by atoms with Crippen LogP contribution >= 0.6 is 11.9 Å². The summed E-state index contributed by atoms with van der Waals surface area (Å²) < 4.78 is 57.4. The maximum atomic E-state index is 13.2. The van der Waals surface area contributed by atoms with E-state index in [4.69, 9.17) is 19.9 Å². The Balaban J connectivity index is 1.59. The van der Waals surface area contributed by atoms with Crippen LogP contribution in [0.5, 0.6) is 5.75 Å². The molecule has 0 spiro atoms. The average Bonchev–Trinajstić information content (AvgIpc) is 3.38. The van der Waals surface area contributed by atoms with Gasteiger partial charge in [0, 0.05) is 17.9 Å². The zero-order valence-electron chi connectivity index (χ0n) is 25.0. The second-order valence-corrected chi connectivity index (χ2v) is 12.7. The predicted molar refractivity (Wildman–Crippen MR) is 153 cm³/mol. The molecule has 5 unspecified atom stereocenters. The van der Waals surface area contributed by atoms with E-state index in [2.05, 4.69) is 10.1 Å². The number of carbonyl (C=O) groups excluding carboxylic acids is 1. The van der Waals surface area contributed by atoms with Crippen LogP contribution in [0.3, 0.4) is 0 Å². The first kappa shape index (κ1) is 37.0. The molecular weight excluding hydrogens is 659 g/mol. The van der Waals surface area contributed by atoms with E-state index in [9.17, 15) is 53.7 Å². The molecule has 0 bridgehead atoms. The molecule has 2 aromatic rings. The van der Waals surface area contributed by atoms with Gasteiger partial charge < -0.3 is 61.0 Å². The third-order valence-corrected chi connectivity index (χ3v) is 8.76. The van der Waals surface area contributed by atoms with E-state index in [1.165, 1.54) is 0 Å². The molecule has 19 heteroatoms. The highest BCUT2D eigenvalue weighted by Gasteiger charge is 2.78. The first-order valence-electron chi connectivity index (χ1n) is 14.0. The molecule has 0 saturated carbocycles. The minimum atomic E-state index is -4.95. The molecule has 2 saturated heterocycles. The number of rotatable bonds is 12. The highest BCUT2D eigenvalue weighted by molar-refractivity contribution is 7.97. The number of nitrogens with two attached hydrogens (primary N) is 1. The molecule has 47 heavy (non-hydrogen) atoms. The summed E-state index contributed by atoms with van der Waals surface area (Å²) in [5, 5.41) is 77.9. The molecule has 0 radical (unpaired) electrons. The monoisotopic (exact) mass is 695 g/mol. The maximum absolute atomic E-state index is 13.2. The van der Waals surface area contributed by atoms with Gasteiger partial charge in [0.15, 0.2) is 6.29 Å². The second kappa shape index (κ2) is 13.3. The van der Waals surface area contributed by atoms with Crippen LogP contribution in [0.4, 0.5) is 18.0 Å². The molecule has 2 aromatic carbocycles. The first-order valence-corrected chi connectivity index (χ1v) is 14.8. The predicted octanol–water partition coefficient (Wildman–Crippen LogP) is -0.197. The Kier molecular flexibility index (Phi) is 10.4. The molecule has 4 rings (SSSR count). The molecule has 15 nitrogen and oxygen atoms in total. The number of aliphatic hydroxyl groups excluding tert-OH is 1. The van der Waals surface area contributed by atoms with E-state index in [1.807, 2.05) is 0 Å². The number of nitrogens with zero attached hydrogens (tertiary/aromatic N) is 1. The lowest BCUT2D eigenvalue weighted by Gasteiger charge is -2.43. The van der Waals surface area contributed by atoms with Crippen molar-refractivity contribution in [3.8, 4) is 5.75 Å². The van der Waals surface area contributed by atoms with Crippen LogP contribution in [0.1, 0.15) is 25.8 Å². The molecule has 0 aromatic heterocycles. The highest BCUT2D eigenvalue weighted by Crippen LogP contribution is 2.48. The number of halogens is 3. The fourth-order valence-corrected chi connectivity index (χ4v) is 5.98. The number of aliphatic hydroxyl groups is 7. The van der Waals surface area contributed by atoms with E-state index in [-0.39, 0.29) is 24.3 Å². The Labute approximate surface area is 270 Å². The standard InChI is InChI=1S/C28H36F3N3O12S/c1-23(2,37)26(39,40)34(47-18-10-8-17(9-11-18)44-28(29,30)31)15-20(35)19(14-16-6-4-3-5-7-16)33-22(36)46-25(38)24(32)12-13-43-21(24)45-27(25,41)42/h3-11,19-21,35,37-42H,12-15,32H2,1-2H3,(H,33,36). The van der Waals surface area contributed by atoms with E-state index in [0.29, 0.717) is 17.5 Å². The van der Waals surface area contributed by atoms with Gasteiger partial charge in [-0.3, -0.25) is 4.74 Å². The van der Waals surface area contributed by atoms with Gasteiger partial charge in [-0.15, -0.1) is 13.2 Å². The Bertz CT molecular complexity index is 1380. The number of nitrogens with one attached hydrogen (secondary N) is 1. The molecular formula is C28H36F3N3O12S. The number of benzene rings is 2. The minimum Gasteiger partial charge on any atom is -0.406 e. The summed E-state index contributed by atoms with van der Waals surface area (Å²) in [7, 11) is 0. The molecule has 2 aliphatic rings. The van der Waals surface area contributed by atoms with Gasteiger partial charge in [-0.1, -0.05) is 30.3 Å². The van der Waals surface area contributed by atoms with E-state index in [1.54, 1.807) is 30.3 Å². The van der Waals surface area contributed by atoms with Crippen molar-refractivity contribution >= 4 is 18.0 Å². The van der Waals surface area contributed by atoms with Crippen molar-refractivity contribution in [2.24, 2.45) is 5.73 Å². The van der Waals surface area contributed by atoms with Gasteiger partial charge in [-0.25, -0.2) is 4.79 Å². The van der Waals surface area contributed by atoms with Crippen molar-refractivity contribution in [1.82, 2.24) is 9.62 Å². The van der Waals surface area contributed by atoms with E-state index in [0.717, 1.165) is 42.4 Å². The number of hydrogen-bond donors (Lipinski definition) is 9. The van der Waals surface area contributed by atoms with Crippen molar-refractivity contribution in [3.63, 3.8) is 0 Å². The van der Waals surface area contributed by atoms with Crippen LogP contribution in [0.15, 0.2) is 59.5 Å². The molecule has 1 amide bonds. The molecule has 2 aliphatic heterocycles. The normalized spacial score (nSPS) is 25.7. The van der Waals surface area contributed by atoms with Gasteiger partial charge in [-0.05, 0) is 62.0 Å². The van der Waals surface area contributed by atoms with Crippen molar-refractivity contribution in [3.05, 3.63) is 60.2 Å². The smallest absolute Gasteiger partial charge is 0.406 e. The summed E-state index contributed by atoms with van der Waals surface area (Å²) >= 11 is 0.535. The Morgan fingerprint density at radius 3 is 2.30 bits per heavy atom. The largest absolute Gasteiger partial charge is 0.573 e. The van der Waals surface area contributed by atoms with Gasteiger partial charge >= 0.3 is 24.2 Å². The van der Waals surface area contributed by atoms with Crippen LogP contribution < -0.4 is 15.8 Å². The van der Waals surface area contributed by atoms with Crippen LogP contribution in [-0.2, 0) is 20.6 Å². The van der Waals surface area contributed by atoms with Crippen LogP contribution in [0, 0.1) is 0 Å². The van der Waals surface area contributed by atoms with E-state index >= 15 is 0 Å². The quantitative estimate of drug-likeness (QED) is 0.103. The van der Waals surface area contributed by atoms with E-state index < -0.39 is 72.0 Å². The Morgan fingerprint density at radius 1 is 1.11 bits per heavy atom. The van der Waals surface area contributed by atoms with Crippen molar-refractivity contribution in [2.45, 2.75) is 85.2 Å². The van der Waals surface area contributed by atoms with Crippen molar-refractivity contribution in [2.75, 3.05) is 13.2 Å². The second-order valence-electron chi connectivity index (χ2n) is 11.6. The molecule has 0 aliphatic carbocycles. The van der Waals surface area contributed by atoms with Gasteiger partial charge in [0.05, 0.1) is 18.8 Å². The fourth-order valence-electron chi connectivity index (χ4n) is 4.89. The van der Waals surface area contributed by atoms with Crippen LogP contribution in [0.2, 0.25) is 0 Å². The van der Waals surface area contributed by atoms with Crippen molar-refractivity contribution < 1.29 is 72.7 Å². The summed E-state index contributed by atoms with van der Waals surface area (Å²) in [4.78, 5) is 13.3. The lowest BCUT2D eigenvalue weighted by molar-refractivity contribution is -0.439. The zero-order valence-corrected chi connectivity index (χ0v) is 25.8. The number of carbonyl (C=O) groups is 1. The summed E-state index contributed by atoms with van der Waals surface area (Å²) in [6.45, 7) is 1.30. The number of amides is 1. The third-order valence-electron chi connectivity index (χ3n) is 7.65. The van der Waals surface area contributed by atoms with Crippen molar-refractivity contribution in [1.29, 1.82) is 0 Å². The highest BCUT2D eigenvalue weighted by atomic mass is 32.2. The maximum Gasteiger partial charge on any atom is 0.573 e. The molecule has 262 valence electrons. The number of alkyl halides is 3. The molecule has 10 N–H and O–H groups in total. The lowest BCUT2D eigenvalue weighted by Crippen LogP contribution is -2.70. The summed E-state index contributed by atoms with van der Waals surface area (Å²) in [6.07, 6.45) is -10.1. The van der Waals surface area contributed by atoms with Crippen LogP contribution in [-0.4, -0.2) is 113 Å². The average molecular weight is 696 g/mol. The zero-order chi connectivity index (χ0) is 35.1. The molecule has 2 heterocycles. The topological polar surface area (TPSA) is 237 Å². The molecule has 2 fully saturated rings. The van der Waals surface area contributed by atoms with Crippen LogP contribution in [0.25, 0.3) is 0 Å². The summed E-state index contributed by atoms with van der Waals surface area (Å²) in [5.41, 5.74) is 2.30. The Hall–Kier alpha value is -2.79. The number of fused-ring (bicyclic) bond motifs is 1.